The Balaban J connectivity index is 2.91. The normalized spacial score (nSPS) is 37.0. The average Bonchev–Trinajstić information content (AvgIpc) is 2.57. The van der Waals surface area contributed by atoms with Gasteiger partial charge in [0.05, 0.1) is 19.3 Å². The second-order valence-electron chi connectivity index (χ2n) is 5.25. The third-order valence-electron chi connectivity index (χ3n) is 3.59. The van der Waals surface area contributed by atoms with Crippen molar-refractivity contribution < 1.29 is 50.0 Å². The summed E-state index contributed by atoms with van der Waals surface area (Å²) < 4.78 is 10.2. The number of hydrogen-bond donors (Lipinski definition) is 8. The summed E-state index contributed by atoms with van der Waals surface area (Å²) in [6, 6.07) is -1.45. The molecule has 1 fully saturated rings. The van der Waals surface area contributed by atoms with Crippen LogP contribution in [-0.2, 0) is 14.3 Å². The third-order valence-corrected chi connectivity index (χ3v) is 3.59. The minimum absolute atomic E-state index is 0.193. The van der Waals surface area contributed by atoms with E-state index in [0.29, 0.717) is 0 Å². The van der Waals surface area contributed by atoms with Gasteiger partial charge in [0.1, 0.15) is 49.0 Å². The number of ether oxygens (including phenoxy) is 2. The molecule has 0 bridgehead atoms. The van der Waals surface area contributed by atoms with Crippen LogP contribution in [0.25, 0.3) is 0 Å². The zero-order valence-corrected chi connectivity index (χ0v) is 12.1. The van der Waals surface area contributed by atoms with Crippen molar-refractivity contribution in [2.45, 2.75) is 55.1 Å². The lowest BCUT2D eigenvalue weighted by Gasteiger charge is -2.42. The highest BCUT2D eigenvalue weighted by molar-refractivity contribution is 5.58. The Morgan fingerprint density at radius 3 is 2.22 bits per heavy atom. The van der Waals surface area contributed by atoms with E-state index in [0.717, 1.165) is 0 Å². The Kier molecular flexibility index (Phi) is 7.89. The zero-order valence-electron chi connectivity index (χ0n) is 12.1. The molecule has 0 unspecified atom stereocenters. The standard InChI is InChI=1S/C12H23NO10/c13-4(1-14)7(18)11(5(17)2-15)23-12-10(21)9(20)8(19)6(3-16)22-12/h1,4-12,15-21H,2-3,13H2/t4-,5+,6+,7+,8+,9-,10+,11+,12+/m0/s1. The van der Waals surface area contributed by atoms with Crippen LogP contribution in [0.15, 0.2) is 0 Å². The first-order chi connectivity index (χ1) is 10.8. The molecular weight excluding hydrogens is 318 g/mol. The van der Waals surface area contributed by atoms with Crippen molar-refractivity contribution in [2.24, 2.45) is 5.73 Å². The Hall–Kier alpha value is -0.730. The van der Waals surface area contributed by atoms with E-state index in [-0.39, 0.29) is 6.29 Å². The van der Waals surface area contributed by atoms with Gasteiger partial charge in [0, 0.05) is 0 Å². The molecule has 0 radical (unpaired) electrons. The molecular formula is C12H23NO10. The van der Waals surface area contributed by atoms with Crippen LogP contribution in [0.2, 0.25) is 0 Å². The molecule has 136 valence electrons. The first kappa shape index (κ1) is 20.3. The highest BCUT2D eigenvalue weighted by Crippen LogP contribution is 2.24. The lowest BCUT2D eigenvalue weighted by molar-refractivity contribution is -0.324. The molecule has 23 heavy (non-hydrogen) atoms. The maximum absolute atomic E-state index is 10.6. The second kappa shape index (κ2) is 8.94. The summed E-state index contributed by atoms with van der Waals surface area (Å²) in [6.07, 6.45) is -12.9. The van der Waals surface area contributed by atoms with Gasteiger partial charge in [-0.3, -0.25) is 0 Å². The summed E-state index contributed by atoms with van der Waals surface area (Å²) in [5.41, 5.74) is 5.33. The predicted octanol–water partition coefficient (Wildman–Crippen LogP) is -5.59. The fraction of sp³-hybridized carbons (Fsp3) is 0.917. The lowest BCUT2D eigenvalue weighted by Crippen LogP contribution is -2.62. The van der Waals surface area contributed by atoms with Crippen LogP contribution in [0, 0.1) is 0 Å². The van der Waals surface area contributed by atoms with E-state index in [1.807, 2.05) is 0 Å². The maximum Gasteiger partial charge on any atom is 0.187 e. The van der Waals surface area contributed by atoms with Crippen molar-refractivity contribution >= 4 is 6.29 Å². The van der Waals surface area contributed by atoms with E-state index in [4.69, 9.17) is 25.4 Å². The van der Waals surface area contributed by atoms with Crippen molar-refractivity contribution in [2.75, 3.05) is 13.2 Å². The molecule has 9 atom stereocenters. The average molecular weight is 341 g/mol. The van der Waals surface area contributed by atoms with Crippen LogP contribution in [0.4, 0.5) is 0 Å². The molecule has 0 saturated carbocycles. The second-order valence-corrected chi connectivity index (χ2v) is 5.25. The molecule has 0 aliphatic carbocycles. The highest BCUT2D eigenvalue weighted by Gasteiger charge is 2.46. The van der Waals surface area contributed by atoms with Gasteiger partial charge in [-0.2, -0.15) is 0 Å². The molecule has 11 heteroatoms. The van der Waals surface area contributed by atoms with E-state index >= 15 is 0 Å². The molecule has 1 saturated heterocycles. The summed E-state index contributed by atoms with van der Waals surface area (Å²) in [5, 5.41) is 66.8. The fourth-order valence-corrected chi connectivity index (χ4v) is 2.14. The van der Waals surface area contributed by atoms with Crippen molar-refractivity contribution in [3.8, 4) is 0 Å². The monoisotopic (exact) mass is 341 g/mol. The van der Waals surface area contributed by atoms with Gasteiger partial charge in [0.25, 0.3) is 0 Å². The summed E-state index contributed by atoms with van der Waals surface area (Å²) in [6.45, 7) is -1.56. The summed E-state index contributed by atoms with van der Waals surface area (Å²) >= 11 is 0. The summed E-state index contributed by atoms with van der Waals surface area (Å²) in [4.78, 5) is 10.6. The van der Waals surface area contributed by atoms with Crippen LogP contribution >= 0.6 is 0 Å². The lowest BCUT2D eigenvalue weighted by atomic mass is 9.98. The van der Waals surface area contributed by atoms with Gasteiger partial charge in [-0.1, -0.05) is 0 Å². The van der Waals surface area contributed by atoms with E-state index in [2.05, 4.69) is 0 Å². The van der Waals surface area contributed by atoms with E-state index < -0.39 is 68.3 Å². The Bertz CT molecular complexity index is 370. The fourth-order valence-electron chi connectivity index (χ4n) is 2.14. The van der Waals surface area contributed by atoms with Gasteiger partial charge in [0.15, 0.2) is 6.29 Å². The van der Waals surface area contributed by atoms with Gasteiger partial charge >= 0.3 is 0 Å². The maximum atomic E-state index is 10.6. The largest absolute Gasteiger partial charge is 0.394 e. The molecule has 0 amide bonds. The minimum atomic E-state index is -1.78. The number of rotatable bonds is 8. The SMILES string of the molecule is N[C@@H](C=O)[C@@H](O)[C@H](O[C@H]1O[C@H](CO)[C@@H](O)[C@H](O)[C@H]1O)[C@H](O)CO. The number of nitrogens with two attached hydrogens (primary N) is 1. The number of aliphatic hydroxyl groups is 7. The highest BCUT2D eigenvalue weighted by atomic mass is 16.7. The molecule has 9 N–H and O–H groups in total. The zero-order chi connectivity index (χ0) is 17.7. The Labute approximate surface area is 131 Å². The third kappa shape index (κ3) is 4.64. The van der Waals surface area contributed by atoms with Gasteiger partial charge in [-0.15, -0.1) is 0 Å². The molecule has 1 aliphatic rings. The Morgan fingerprint density at radius 2 is 1.74 bits per heavy atom. The minimum Gasteiger partial charge on any atom is -0.394 e. The van der Waals surface area contributed by atoms with Crippen LogP contribution in [0.1, 0.15) is 0 Å². The topological polar surface area (TPSA) is 203 Å². The van der Waals surface area contributed by atoms with Gasteiger partial charge in [-0.25, -0.2) is 0 Å². The van der Waals surface area contributed by atoms with E-state index in [1.165, 1.54) is 0 Å². The molecule has 0 aromatic carbocycles. The van der Waals surface area contributed by atoms with Crippen LogP contribution in [0.5, 0.6) is 0 Å². The quantitative estimate of drug-likeness (QED) is 0.195. The molecule has 11 nitrogen and oxygen atoms in total. The first-order valence-corrected chi connectivity index (χ1v) is 6.92. The molecule has 1 heterocycles. The van der Waals surface area contributed by atoms with Crippen LogP contribution in [-0.4, -0.2) is 110 Å². The number of hydrogen-bond acceptors (Lipinski definition) is 11. The summed E-state index contributed by atoms with van der Waals surface area (Å²) in [7, 11) is 0. The molecule has 0 aromatic rings. The molecule has 0 aromatic heterocycles. The van der Waals surface area contributed by atoms with Crippen molar-refractivity contribution in [1.82, 2.24) is 0 Å². The van der Waals surface area contributed by atoms with Crippen molar-refractivity contribution in [1.29, 1.82) is 0 Å². The van der Waals surface area contributed by atoms with Crippen molar-refractivity contribution in [3.05, 3.63) is 0 Å². The molecule has 1 rings (SSSR count). The number of aliphatic hydroxyl groups excluding tert-OH is 7. The Morgan fingerprint density at radius 1 is 1.13 bits per heavy atom. The summed E-state index contributed by atoms with van der Waals surface area (Å²) in [5.74, 6) is 0. The number of aldehydes is 1. The molecule has 1 aliphatic heterocycles. The molecule has 0 spiro atoms. The van der Waals surface area contributed by atoms with Crippen molar-refractivity contribution in [3.63, 3.8) is 0 Å². The van der Waals surface area contributed by atoms with Gasteiger partial charge in [0.2, 0.25) is 0 Å². The van der Waals surface area contributed by atoms with E-state index in [1.54, 1.807) is 0 Å². The van der Waals surface area contributed by atoms with Crippen LogP contribution in [0.3, 0.4) is 0 Å². The van der Waals surface area contributed by atoms with Gasteiger partial charge < -0.3 is 55.7 Å². The van der Waals surface area contributed by atoms with Gasteiger partial charge in [-0.05, 0) is 0 Å². The van der Waals surface area contributed by atoms with Crippen LogP contribution < -0.4 is 5.73 Å². The number of carbonyl (C=O) groups excluding carboxylic acids is 1. The smallest absolute Gasteiger partial charge is 0.187 e. The number of carbonyl (C=O) groups is 1. The first-order valence-electron chi connectivity index (χ1n) is 6.92. The van der Waals surface area contributed by atoms with E-state index in [9.17, 15) is 30.3 Å². The predicted molar refractivity (Wildman–Crippen MR) is 71.8 cm³/mol.